The first kappa shape index (κ1) is 26.2. The minimum atomic E-state index is -1.50. The van der Waals surface area contributed by atoms with Crippen LogP contribution < -0.4 is 0 Å². The van der Waals surface area contributed by atoms with Gasteiger partial charge in [-0.15, -0.1) is 65.4 Å². The Labute approximate surface area is 260 Å². The number of furan rings is 1. The Morgan fingerprint density at radius 1 is 0.878 bits per heavy atom. The third-order valence-corrected chi connectivity index (χ3v) is 7.17. The van der Waals surface area contributed by atoms with Crippen molar-refractivity contribution in [2.45, 2.75) is 34.1 Å². The molecule has 4 heterocycles. The smallest absolute Gasteiger partial charge is 0.123 e. The number of nitrogens with zero attached hydrogens (tertiary/aromatic N) is 3. The van der Waals surface area contributed by atoms with Gasteiger partial charge in [-0.2, -0.15) is 0 Å². The molecule has 0 aliphatic heterocycles. The molecule has 0 aliphatic carbocycles. The molecule has 0 unspecified atom stereocenters. The van der Waals surface area contributed by atoms with Crippen LogP contribution in [0.2, 0.25) is 0 Å². The van der Waals surface area contributed by atoms with Gasteiger partial charge in [0.2, 0.25) is 0 Å². The van der Waals surface area contributed by atoms with E-state index in [1.54, 1.807) is 29.8 Å². The first-order valence-electron chi connectivity index (χ1n) is 14.1. The van der Waals surface area contributed by atoms with Gasteiger partial charge >= 0.3 is 0 Å². The van der Waals surface area contributed by atoms with Gasteiger partial charge in [0.15, 0.2) is 0 Å². The SMILES string of the molecule is [2H]C([2H])(c1ccnc(-c2[c-]ccc3c2oc2cc4nc(C)sc4cc23)c1)C(C)(C)C.[Ir].[c-]1ccccc1-c1ccccn1. The van der Waals surface area contributed by atoms with Crippen LogP contribution in [0.25, 0.3) is 54.7 Å². The van der Waals surface area contributed by atoms with E-state index in [0.29, 0.717) is 16.8 Å². The van der Waals surface area contributed by atoms with Gasteiger partial charge in [-0.1, -0.05) is 55.5 Å². The molecule has 7 rings (SSSR count). The van der Waals surface area contributed by atoms with Crippen LogP contribution in [0.4, 0.5) is 0 Å². The maximum Gasteiger partial charge on any atom is 0.123 e. The second kappa shape index (κ2) is 12.0. The molecule has 0 atom stereocenters. The summed E-state index contributed by atoms with van der Waals surface area (Å²) in [7, 11) is 0. The van der Waals surface area contributed by atoms with Gasteiger partial charge in [0.25, 0.3) is 0 Å². The number of hydrogen-bond acceptors (Lipinski definition) is 5. The normalized spacial score (nSPS) is 12.4. The van der Waals surface area contributed by atoms with Crippen molar-refractivity contribution in [1.82, 2.24) is 15.0 Å². The van der Waals surface area contributed by atoms with Crippen LogP contribution in [0, 0.1) is 24.5 Å². The molecule has 0 spiro atoms. The van der Waals surface area contributed by atoms with Crippen molar-refractivity contribution in [2.75, 3.05) is 0 Å². The van der Waals surface area contributed by atoms with E-state index in [-0.39, 0.29) is 20.1 Å². The van der Waals surface area contributed by atoms with Gasteiger partial charge in [-0.05, 0) is 48.3 Å². The van der Waals surface area contributed by atoms with Crippen LogP contribution in [-0.2, 0) is 26.5 Å². The number of aromatic nitrogens is 3. The molecule has 0 aliphatic rings. The predicted molar refractivity (Wildman–Crippen MR) is 165 cm³/mol. The molecule has 4 aromatic heterocycles. The van der Waals surface area contributed by atoms with E-state index in [1.807, 2.05) is 94.4 Å². The van der Waals surface area contributed by atoms with Crippen molar-refractivity contribution in [3.63, 3.8) is 0 Å². The number of pyridine rings is 2. The Kier molecular flexibility index (Phi) is 7.70. The summed E-state index contributed by atoms with van der Waals surface area (Å²) in [6.45, 7) is 7.72. The van der Waals surface area contributed by atoms with Crippen molar-refractivity contribution >= 4 is 43.5 Å². The van der Waals surface area contributed by atoms with E-state index >= 15 is 0 Å². The summed E-state index contributed by atoms with van der Waals surface area (Å²) in [5, 5.41) is 3.07. The van der Waals surface area contributed by atoms with Gasteiger partial charge < -0.3 is 14.4 Å². The first-order valence-corrected chi connectivity index (χ1v) is 13.9. The van der Waals surface area contributed by atoms with Gasteiger partial charge in [0.05, 0.1) is 20.8 Å². The molecule has 0 saturated heterocycles. The summed E-state index contributed by atoms with van der Waals surface area (Å²) in [5.41, 5.74) is 5.89. The molecular formula is C35H29IrN3OS-2. The average Bonchev–Trinajstić information content (AvgIpc) is 3.54. The maximum atomic E-state index is 8.61. The van der Waals surface area contributed by atoms with Crippen LogP contribution in [0.1, 0.15) is 34.1 Å². The maximum absolute atomic E-state index is 8.61. The largest absolute Gasteiger partial charge is 0.501 e. The fraction of sp³-hybridized carbons (Fsp3) is 0.171. The van der Waals surface area contributed by atoms with Crippen molar-refractivity contribution < 1.29 is 27.3 Å². The topological polar surface area (TPSA) is 51.8 Å². The minimum absolute atomic E-state index is 0. The molecule has 0 N–H and O–H groups in total. The predicted octanol–water partition coefficient (Wildman–Crippen LogP) is 9.50. The van der Waals surface area contributed by atoms with E-state index in [9.17, 15) is 0 Å². The second-order valence-electron chi connectivity index (χ2n) is 10.5. The molecule has 6 heteroatoms. The van der Waals surface area contributed by atoms with Gasteiger partial charge in [0.1, 0.15) is 5.58 Å². The standard InChI is InChI=1S/C24H21N2OS.C11H8N.Ir/c1-14-26-20-12-21-18(11-22(20)28-14)16-6-5-7-17(23(16)27-21)19-10-15(8-9-25-19)13-24(2,3)4;1-2-6-10(7-3-1)11-8-4-5-9-12-11;/h5-6,8-12H,13H2,1-4H3;1-6,8-9H;/q2*-1;/i13D2;;. The third-order valence-electron chi connectivity index (χ3n) is 6.23. The second-order valence-corrected chi connectivity index (χ2v) is 11.8. The number of benzene rings is 3. The first-order chi connectivity index (χ1) is 20.1. The molecule has 7 aromatic rings. The van der Waals surface area contributed by atoms with E-state index in [2.05, 4.69) is 33.2 Å². The molecule has 1 radical (unpaired) electrons. The minimum Gasteiger partial charge on any atom is -0.501 e. The van der Waals surface area contributed by atoms with Crippen molar-refractivity contribution in [2.24, 2.45) is 5.41 Å². The van der Waals surface area contributed by atoms with Crippen LogP contribution in [0.5, 0.6) is 0 Å². The zero-order valence-electron chi connectivity index (χ0n) is 25.2. The van der Waals surface area contributed by atoms with E-state index in [1.165, 1.54) is 0 Å². The molecule has 0 saturated carbocycles. The number of aryl methyl sites for hydroxylation is 1. The van der Waals surface area contributed by atoms with Gasteiger partial charge in [0, 0.05) is 46.7 Å². The van der Waals surface area contributed by atoms with Crippen molar-refractivity contribution in [3.8, 4) is 22.5 Å². The van der Waals surface area contributed by atoms with Gasteiger partial charge in [-0.25, -0.2) is 4.98 Å². The Balaban J connectivity index is 0.000000238. The monoisotopic (exact) mass is 734 g/mol. The van der Waals surface area contributed by atoms with Crippen LogP contribution >= 0.6 is 11.3 Å². The van der Waals surface area contributed by atoms with Crippen LogP contribution in [0.3, 0.4) is 0 Å². The molecular weight excluding hydrogens is 703 g/mol. The summed E-state index contributed by atoms with van der Waals surface area (Å²) >= 11 is 1.67. The Morgan fingerprint density at radius 3 is 2.46 bits per heavy atom. The number of thiazole rings is 1. The molecule has 3 aromatic carbocycles. The van der Waals surface area contributed by atoms with E-state index in [4.69, 9.17) is 7.16 Å². The Hall–Kier alpha value is -3.70. The molecule has 0 amide bonds. The summed E-state index contributed by atoms with van der Waals surface area (Å²) in [6, 6.07) is 31.6. The average molecular weight is 734 g/mol. The summed E-state index contributed by atoms with van der Waals surface area (Å²) in [6.07, 6.45) is 1.95. The molecule has 0 fully saturated rings. The van der Waals surface area contributed by atoms with Crippen LogP contribution in [-0.4, -0.2) is 15.0 Å². The summed E-state index contributed by atoms with van der Waals surface area (Å²) < 4.78 is 24.6. The van der Waals surface area contributed by atoms with E-state index in [0.717, 1.165) is 48.4 Å². The third kappa shape index (κ3) is 6.46. The van der Waals surface area contributed by atoms with Crippen molar-refractivity contribution in [3.05, 3.63) is 114 Å². The summed E-state index contributed by atoms with van der Waals surface area (Å²) in [5.74, 6) is 0. The van der Waals surface area contributed by atoms with E-state index < -0.39 is 11.8 Å². The number of hydrogen-bond donors (Lipinski definition) is 0. The molecule has 4 nitrogen and oxygen atoms in total. The summed E-state index contributed by atoms with van der Waals surface area (Å²) in [4.78, 5) is 13.3. The zero-order valence-corrected chi connectivity index (χ0v) is 26.4. The van der Waals surface area contributed by atoms with Crippen molar-refractivity contribution in [1.29, 1.82) is 0 Å². The Bertz CT molecular complexity index is 1980. The van der Waals surface area contributed by atoms with Gasteiger partial charge in [-0.3, -0.25) is 0 Å². The molecule has 41 heavy (non-hydrogen) atoms. The number of fused-ring (bicyclic) bond motifs is 4. The zero-order chi connectivity index (χ0) is 29.5. The number of rotatable bonds is 3. The fourth-order valence-corrected chi connectivity index (χ4v) is 5.47. The fourth-order valence-electron chi connectivity index (χ4n) is 4.62. The molecule has 0 bridgehead atoms. The van der Waals surface area contributed by atoms with Crippen LogP contribution in [0.15, 0.2) is 95.7 Å². The quantitative estimate of drug-likeness (QED) is 0.170. The Morgan fingerprint density at radius 2 is 1.71 bits per heavy atom. The molecule has 207 valence electrons.